The van der Waals surface area contributed by atoms with Crippen LogP contribution >= 0.6 is 0 Å². The Morgan fingerprint density at radius 3 is 2.54 bits per heavy atom. The number of benzene rings is 1. The Bertz CT molecular complexity index is 568. The van der Waals surface area contributed by atoms with Gasteiger partial charge in [-0.05, 0) is 39.3 Å². The van der Waals surface area contributed by atoms with E-state index in [0.717, 1.165) is 6.42 Å². The van der Waals surface area contributed by atoms with Gasteiger partial charge in [-0.25, -0.2) is 4.79 Å². The minimum Gasteiger partial charge on any atom is -0.444 e. The SMILES string of the molecule is CCC1COC(C(=O)Nc2ccccc2)CN1C(=O)OC(C)(C)C. The molecule has 1 heterocycles. The van der Waals surface area contributed by atoms with Gasteiger partial charge in [0, 0.05) is 5.69 Å². The summed E-state index contributed by atoms with van der Waals surface area (Å²) in [5.74, 6) is -0.260. The molecule has 24 heavy (non-hydrogen) atoms. The van der Waals surface area contributed by atoms with Gasteiger partial charge in [0.1, 0.15) is 5.60 Å². The topological polar surface area (TPSA) is 67.9 Å². The third-order valence-corrected chi connectivity index (χ3v) is 3.73. The summed E-state index contributed by atoms with van der Waals surface area (Å²) in [4.78, 5) is 26.4. The number of carbonyl (C=O) groups excluding carboxylic acids is 2. The van der Waals surface area contributed by atoms with Gasteiger partial charge in [-0.3, -0.25) is 9.69 Å². The Morgan fingerprint density at radius 2 is 1.96 bits per heavy atom. The van der Waals surface area contributed by atoms with E-state index < -0.39 is 17.8 Å². The first-order chi connectivity index (χ1) is 11.3. The number of morpholine rings is 1. The fraction of sp³-hybridized carbons (Fsp3) is 0.556. The van der Waals surface area contributed by atoms with Crippen LogP contribution < -0.4 is 5.32 Å². The van der Waals surface area contributed by atoms with E-state index in [1.165, 1.54) is 0 Å². The molecule has 6 heteroatoms. The van der Waals surface area contributed by atoms with Gasteiger partial charge in [0.2, 0.25) is 0 Å². The predicted molar refractivity (Wildman–Crippen MR) is 91.8 cm³/mol. The molecule has 0 aliphatic carbocycles. The Labute approximate surface area is 143 Å². The number of carbonyl (C=O) groups is 2. The quantitative estimate of drug-likeness (QED) is 0.922. The molecule has 1 aliphatic rings. The Morgan fingerprint density at radius 1 is 1.29 bits per heavy atom. The number of para-hydroxylation sites is 1. The molecule has 1 aromatic rings. The van der Waals surface area contributed by atoms with Gasteiger partial charge in [0.25, 0.3) is 5.91 Å². The highest BCUT2D eigenvalue weighted by atomic mass is 16.6. The van der Waals surface area contributed by atoms with E-state index in [1.807, 2.05) is 45.9 Å². The first-order valence-corrected chi connectivity index (χ1v) is 8.27. The van der Waals surface area contributed by atoms with Crippen LogP contribution in [0, 0.1) is 0 Å². The van der Waals surface area contributed by atoms with Crippen molar-refractivity contribution in [2.24, 2.45) is 0 Å². The minimum atomic E-state index is -0.708. The second-order valence-corrected chi connectivity index (χ2v) is 6.87. The number of nitrogens with one attached hydrogen (secondary N) is 1. The molecule has 2 atom stereocenters. The Balaban J connectivity index is 2.03. The summed E-state index contributed by atoms with van der Waals surface area (Å²) < 4.78 is 11.1. The van der Waals surface area contributed by atoms with E-state index in [2.05, 4.69) is 5.32 Å². The molecule has 1 saturated heterocycles. The van der Waals surface area contributed by atoms with Gasteiger partial charge in [0.15, 0.2) is 6.10 Å². The second-order valence-electron chi connectivity index (χ2n) is 6.87. The maximum Gasteiger partial charge on any atom is 0.410 e. The number of hydrogen-bond donors (Lipinski definition) is 1. The lowest BCUT2D eigenvalue weighted by Crippen LogP contribution is -2.56. The number of hydrogen-bond acceptors (Lipinski definition) is 4. The van der Waals surface area contributed by atoms with Crippen LogP contribution in [-0.4, -0.2) is 47.8 Å². The van der Waals surface area contributed by atoms with Crippen molar-refractivity contribution < 1.29 is 19.1 Å². The van der Waals surface area contributed by atoms with Gasteiger partial charge in [-0.2, -0.15) is 0 Å². The number of amides is 2. The third kappa shape index (κ3) is 4.96. The lowest BCUT2D eigenvalue weighted by atomic mass is 10.1. The van der Waals surface area contributed by atoms with E-state index in [0.29, 0.717) is 12.3 Å². The lowest BCUT2D eigenvalue weighted by molar-refractivity contribution is -0.136. The summed E-state index contributed by atoms with van der Waals surface area (Å²) in [7, 11) is 0. The second kappa shape index (κ2) is 7.66. The van der Waals surface area contributed by atoms with Crippen molar-refractivity contribution in [1.82, 2.24) is 4.90 Å². The standard InChI is InChI=1S/C18H26N2O4/c1-5-14-12-23-15(11-20(14)17(22)24-18(2,3)4)16(21)19-13-9-7-6-8-10-13/h6-10,14-15H,5,11-12H2,1-4H3,(H,19,21). The Hall–Kier alpha value is -2.08. The van der Waals surface area contributed by atoms with Crippen LogP contribution in [0.25, 0.3) is 0 Å². The van der Waals surface area contributed by atoms with Gasteiger partial charge >= 0.3 is 6.09 Å². The first kappa shape index (κ1) is 18.3. The van der Waals surface area contributed by atoms with E-state index >= 15 is 0 Å². The zero-order valence-corrected chi connectivity index (χ0v) is 14.7. The normalized spacial score (nSPS) is 21.2. The molecule has 6 nitrogen and oxygen atoms in total. The molecule has 0 bridgehead atoms. The van der Waals surface area contributed by atoms with Gasteiger partial charge in [-0.1, -0.05) is 25.1 Å². The van der Waals surface area contributed by atoms with Crippen LogP contribution in [0.1, 0.15) is 34.1 Å². The van der Waals surface area contributed by atoms with Crippen molar-refractivity contribution >= 4 is 17.7 Å². The summed E-state index contributed by atoms with van der Waals surface area (Å²) in [5, 5.41) is 2.81. The van der Waals surface area contributed by atoms with Crippen LogP contribution in [-0.2, 0) is 14.3 Å². The zero-order chi connectivity index (χ0) is 17.7. The van der Waals surface area contributed by atoms with Crippen molar-refractivity contribution in [3.05, 3.63) is 30.3 Å². The summed E-state index contributed by atoms with van der Waals surface area (Å²) in [6.07, 6.45) is -0.373. The van der Waals surface area contributed by atoms with Crippen LogP contribution in [0.2, 0.25) is 0 Å². The van der Waals surface area contributed by atoms with E-state index in [4.69, 9.17) is 9.47 Å². The average Bonchev–Trinajstić information content (AvgIpc) is 2.53. The highest BCUT2D eigenvalue weighted by Crippen LogP contribution is 2.20. The molecular weight excluding hydrogens is 308 g/mol. The molecule has 2 unspecified atom stereocenters. The molecule has 0 saturated carbocycles. The van der Waals surface area contributed by atoms with Crippen LogP contribution in [0.4, 0.5) is 10.5 Å². The first-order valence-electron chi connectivity index (χ1n) is 8.27. The van der Waals surface area contributed by atoms with Gasteiger partial charge in [0.05, 0.1) is 19.2 Å². The summed E-state index contributed by atoms with van der Waals surface area (Å²) in [6.45, 7) is 7.97. The summed E-state index contributed by atoms with van der Waals surface area (Å²) in [5.41, 5.74) is 0.127. The van der Waals surface area contributed by atoms with Crippen molar-refractivity contribution in [3.8, 4) is 0 Å². The number of anilines is 1. The molecule has 0 spiro atoms. The molecular formula is C18H26N2O4. The predicted octanol–water partition coefficient (Wildman–Crippen LogP) is 3.04. The summed E-state index contributed by atoms with van der Waals surface area (Å²) in [6, 6.07) is 9.10. The van der Waals surface area contributed by atoms with Gasteiger partial charge < -0.3 is 14.8 Å². The largest absolute Gasteiger partial charge is 0.444 e. The molecule has 1 aliphatic heterocycles. The van der Waals surface area contributed by atoms with E-state index in [1.54, 1.807) is 17.0 Å². The molecule has 1 fully saturated rings. The molecule has 1 aromatic carbocycles. The molecule has 1 N–H and O–H groups in total. The highest BCUT2D eigenvalue weighted by Gasteiger charge is 2.36. The molecule has 0 aromatic heterocycles. The monoisotopic (exact) mass is 334 g/mol. The molecule has 132 valence electrons. The van der Waals surface area contributed by atoms with Crippen LogP contribution in [0.15, 0.2) is 30.3 Å². The maximum absolute atomic E-state index is 12.4. The maximum atomic E-state index is 12.4. The van der Waals surface area contributed by atoms with Crippen molar-refractivity contribution in [3.63, 3.8) is 0 Å². The van der Waals surface area contributed by atoms with Crippen molar-refractivity contribution in [2.45, 2.75) is 51.9 Å². The van der Waals surface area contributed by atoms with Crippen LogP contribution in [0.5, 0.6) is 0 Å². The lowest BCUT2D eigenvalue weighted by Gasteiger charge is -2.39. The molecule has 0 radical (unpaired) electrons. The number of ether oxygens (including phenoxy) is 2. The minimum absolute atomic E-state index is 0.0828. The smallest absolute Gasteiger partial charge is 0.410 e. The van der Waals surface area contributed by atoms with Crippen molar-refractivity contribution in [2.75, 3.05) is 18.5 Å². The fourth-order valence-electron chi connectivity index (χ4n) is 2.48. The zero-order valence-electron chi connectivity index (χ0n) is 14.7. The number of nitrogens with zero attached hydrogens (tertiary/aromatic N) is 1. The number of rotatable bonds is 3. The third-order valence-electron chi connectivity index (χ3n) is 3.73. The van der Waals surface area contributed by atoms with Crippen molar-refractivity contribution in [1.29, 1.82) is 0 Å². The fourth-order valence-corrected chi connectivity index (χ4v) is 2.48. The Kier molecular flexibility index (Phi) is 5.83. The summed E-state index contributed by atoms with van der Waals surface area (Å²) >= 11 is 0. The highest BCUT2D eigenvalue weighted by molar-refractivity contribution is 5.94. The van der Waals surface area contributed by atoms with Gasteiger partial charge in [-0.15, -0.1) is 0 Å². The van der Waals surface area contributed by atoms with Crippen LogP contribution in [0.3, 0.4) is 0 Å². The van der Waals surface area contributed by atoms with E-state index in [-0.39, 0.29) is 18.5 Å². The van der Waals surface area contributed by atoms with E-state index in [9.17, 15) is 9.59 Å². The average molecular weight is 334 g/mol. The molecule has 2 amide bonds. The molecule has 2 rings (SSSR count).